The first-order valence-corrected chi connectivity index (χ1v) is 7.24. The quantitative estimate of drug-likeness (QED) is 0.836. The van der Waals surface area contributed by atoms with Gasteiger partial charge in [-0.05, 0) is 50.1 Å². The second-order valence-electron chi connectivity index (χ2n) is 4.94. The average molecular weight is 290 g/mol. The number of nitrogens with one attached hydrogen (secondary N) is 1. The van der Waals surface area contributed by atoms with Crippen molar-refractivity contribution in [3.05, 3.63) is 29.8 Å². The molecule has 1 aromatic rings. The van der Waals surface area contributed by atoms with Crippen LogP contribution in [0.15, 0.2) is 24.3 Å². The summed E-state index contributed by atoms with van der Waals surface area (Å²) in [5, 5.41) is 3.29. The number of rotatable bonds is 6. The van der Waals surface area contributed by atoms with Crippen molar-refractivity contribution in [1.82, 2.24) is 5.32 Å². The smallest absolute Gasteiger partial charge is 0.258 e. The van der Waals surface area contributed by atoms with Crippen molar-refractivity contribution in [2.75, 3.05) is 19.7 Å². The van der Waals surface area contributed by atoms with E-state index in [1.165, 1.54) is 5.57 Å². The number of hydrogen-bond acceptors (Lipinski definition) is 4. The second-order valence-corrected chi connectivity index (χ2v) is 4.94. The molecule has 1 aliphatic rings. The van der Waals surface area contributed by atoms with Crippen molar-refractivity contribution < 1.29 is 14.3 Å². The van der Waals surface area contributed by atoms with Gasteiger partial charge < -0.3 is 20.5 Å². The fourth-order valence-electron chi connectivity index (χ4n) is 2.21. The first-order valence-electron chi connectivity index (χ1n) is 7.24. The third-order valence-electron chi connectivity index (χ3n) is 3.38. The summed E-state index contributed by atoms with van der Waals surface area (Å²) in [4.78, 5) is 11.1. The highest BCUT2D eigenvalue weighted by Crippen LogP contribution is 2.33. The van der Waals surface area contributed by atoms with E-state index in [0.717, 1.165) is 25.1 Å². The van der Waals surface area contributed by atoms with Crippen molar-refractivity contribution in [3.63, 3.8) is 0 Å². The fraction of sp³-hybridized carbons (Fsp3) is 0.438. The molecule has 0 fully saturated rings. The van der Waals surface area contributed by atoms with Crippen LogP contribution in [0.4, 0.5) is 0 Å². The number of primary amides is 1. The van der Waals surface area contributed by atoms with Crippen LogP contribution in [0.5, 0.6) is 11.5 Å². The van der Waals surface area contributed by atoms with Gasteiger partial charge in [-0.3, -0.25) is 4.79 Å². The average Bonchev–Trinajstić information content (AvgIpc) is 2.50. The van der Waals surface area contributed by atoms with E-state index in [2.05, 4.69) is 11.4 Å². The molecule has 1 amide bonds. The zero-order chi connectivity index (χ0) is 15.2. The molecule has 0 bridgehead atoms. The molecule has 0 saturated heterocycles. The highest BCUT2D eigenvalue weighted by Gasteiger charge is 2.15. The Labute approximate surface area is 125 Å². The molecule has 1 aliphatic heterocycles. The summed E-state index contributed by atoms with van der Waals surface area (Å²) in [6.45, 7) is 5.94. The van der Waals surface area contributed by atoms with E-state index in [1.807, 2.05) is 25.1 Å². The highest BCUT2D eigenvalue weighted by molar-refractivity contribution is 5.79. The normalized spacial score (nSPS) is 16.0. The van der Waals surface area contributed by atoms with Crippen LogP contribution >= 0.6 is 0 Å². The maximum absolute atomic E-state index is 11.1. The lowest BCUT2D eigenvalue weighted by molar-refractivity contribution is -0.124. The summed E-state index contributed by atoms with van der Waals surface area (Å²) in [5.74, 6) is 0.687. The SMILES string of the molecule is CCOc1cc(C2=CCNCC2)ccc1OC(C)C(N)=O. The number of carbonyl (C=O) groups is 1. The lowest BCUT2D eigenvalue weighted by atomic mass is 10.00. The van der Waals surface area contributed by atoms with Crippen LogP contribution in [0.1, 0.15) is 25.8 Å². The molecule has 114 valence electrons. The molecule has 5 heteroatoms. The van der Waals surface area contributed by atoms with Gasteiger partial charge in [0.25, 0.3) is 5.91 Å². The third-order valence-corrected chi connectivity index (χ3v) is 3.38. The molecule has 0 aromatic heterocycles. The van der Waals surface area contributed by atoms with Gasteiger partial charge in [-0.1, -0.05) is 12.1 Å². The Balaban J connectivity index is 2.25. The van der Waals surface area contributed by atoms with Crippen LogP contribution in [0, 0.1) is 0 Å². The standard InChI is InChI=1S/C16H22N2O3/c1-3-20-15-10-13(12-6-8-18-9-7-12)4-5-14(15)21-11(2)16(17)19/h4-6,10-11,18H,3,7-9H2,1-2H3,(H2,17,19). The van der Waals surface area contributed by atoms with Crippen molar-refractivity contribution >= 4 is 11.5 Å². The molecule has 0 radical (unpaired) electrons. The van der Waals surface area contributed by atoms with Crippen LogP contribution in [-0.4, -0.2) is 31.7 Å². The molecule has 1 atom stereocenters. The number of carbonyl (C=O) groups excluding carboxylic acids is 1. The van der Waals surface area contributed by atoms with Gasteiger partial charge >= 0.3 is 0 Å². The Bertz CT molecular complexity index is 540. The lowest BCUT2D eigenvalue weighted by Crippen LogP contribution is -2.30. The molecular formula is C16H22N2O3. The molecular weight excluding hydrogens is 268 g/mol. The van der Waals surface area contributed by atoms with Crippen molar-refractivity contribution in [3.8, 4) is 11.5 Å². The first-order chi connectivity index (χ1) is 10.1. The van der Waals surface area contributed by atoms with E-state index in [4.69, 9.17) is 15.2 Å². The van der Waals surface area contributed by atoms with Gasteiger partial charge in [-0.15, -0.1) is 0 Å². The number of benzene rings is 1. The van der Waals surface area contributed by atoms with Crippen molar-refractivity contribution in [2.24, 2.45) is 5.73 Å². The van der Waals surface area contributed by atoms with Gasteiger partial charge in [0, 0.05) is 6.54 Å². The molecule has 5 nitrogen and oxygen atoms in total. The zero-order valence-corrected chi connectivity index (χ0v) is 12.5. The minimum atomic E-state index is -0.687. The number of nitrogens with two attached hydrogens (primary N) is 1. The molecule has 21 heavy (non-hydrogen) atoms. The number of hydrogen-bond donors (Lipinski definition) is 2. The van der Waals surface area contributed by atoms with Crippen LogP contribution < -0.4 is 20.5 Å². The molecule has 1 heterocycles. The number of amides is 1. The Morgan fingerprint density at radius 1 is 1.43 bits per heavy atom. The van der Waals surface area contributed by atoms with Crippen molar-refractivity contribution in [1.29, 1.82) is 0 Å². The minimum Gasteiger partial charge on any atom is -0.490 e. The third kappa shape index (κ3) is 3.98. The number of ether oxygens (including phenoxy) is 2. The lowest BCUT2D eigenvalue weighted by Gasteiger charge is -2.18. The van der Waals surface area contributed by atoms with Gasteiger partial charge in [-0.25, -0.2) is 0 Å². The molecule has 1 unspecified atom stereocenters. The maximum atomic E-state index is 11.1. The first kappa shape index (κ1) is 15.4. The summed E-state index contributed by atoms with van der Waals surface area (Å²) in [6.07, 6.45) is 2.48. The Morgan fingerprint density at radius 3 is 2.86 bits per heavy atom. The second kappa shape index (κ2) is 7.13. The van der Waals surface area contributed by atoms with Crippen LogP contribution in [0.3, 0.4) is 0 Å². The molecule has 2 rings (SSSR count). The molecule has 0 spiro atoms. The van der Waals surface area contributed by atoms with E-state index < -0.39 is 12.0 Å². The van der Waals surface area contributed by atoms with Crippen LogP contribution in [0.2, 0.25) is 0 Å². The Kier molecular flexibility index (Phi) is 5.22. The largest absolute Gasteiger partial charge is 0.490 e. The fourth-order valence-corrected chi connectivity index (χ4v) is 2.21. The maximum Gasteiger partial charge on any atom is 0.258 e. The zero-order valence-electron chi connectivity index (χ0n) is 12.5. The van der Waals surface area contributed by atoms with Gasteiger partial charge in [-0.2, -0.15) is 0 Å². The Morgan fingerprint density at radius 2 is 2.24 bits per heavy atom. The highest BCUT2D eigenvalue weighted by atomic mass is 16.5. The topological polar surface area (TPSA) is 73.6 Å². The predicted octanol–water partition coefficient (Wildman–Crippen LogP) is 1.71. The summed E-state index contributed by atoms with van der Waals surface area (Å²) >= 11 is 0. The minimum absolute atomic E-state index is 0.498. The molecule has 1 aromatic carbocycles. The molecule has 0 saturated carbocycles. The van der Waals surface area contributed by atoms with Gasteiger partial charge in [0.05, 0.1) is 6.61 Å². The van der Waals surface area contributed by atoms with Crippen LogP contribution in [0.25, 0.3) is 5.57 Å². The predicted molar refractivity (Wildman–Crippen MR) is 82.4 cm³/mol. The summed E-state index contributed by atoms with van der Waals surface area (Å²) in [6, 6.07) is 5.79. The van der Waals surface area contributed by atoms with Gasteiger partial charge in [0.1, 0.15) is 0 Å². The van der Waals surface area contributed by atoms with E-state index in [9.17, 15) is 4.79 Å². The molecule has 0 aliphatic carbocycles. The monoisotopic (exact) mass is 290 g/mol. The summed E-state index contributed by atoms with van der Waals surface area (Å²) in [7, 11) is 0. The summed E-state index contributed by atoms with van der Waals surface area (Å²) in [5.41, 5.74) is 7.65. The van der Waals surface area contributed by atoms with E-state index in [1.54, 1.807) is 6.92 Å². The van der Waals surface area contributed by atoms with Crippen molar-refractivity contribution in [2.45, 2.75) is 26.4 Å². The molecule has 3 N–H and O–H groups in total. The Hall–Kier alpha value is -2.01. The summed E-state index contributed by atoms with van der Waals surface area (Å²) < 4.78 is 11.2. The van der Waals surface area contributed by atoms with E-state index in [-0.39, 0.29) is 0 Å². The van der Waals surface area contributed by atoms with E-state index >= 15 is 0 Å². The van der Waals surface area contributed by atoms with Gasteiger partial charge in [0.2, 0.25) is 0 Å². The van der Waals surface area contributed by atoms with Crippen LogP contribution in [-0.2, 0) is 4.79 Å². The van der Waals surface area contributed by atoms with Gasteiger partial charge in [0.15, 0.2) is 17.6 Å². The van der Waals surface area contributed by atoms with E-state index in [0.29, 0.717) is 18.1 Å².